The molecule has 1 unspecified atom stereocenters. The van der Waals surface area contributed by atoms with Crippen molar-refractivity contribution in [2.45, 2.75) is 19.3 Å². The largest absolute Gasteiger partial charge is 0.326 e. The van der Waals surface area contributed by atoms with Crippen molar-refractivity contribution >= 4 is 29.0 Å². The number of amides is 1. The first kappa shape index (κ1) is 18.8. The van der Waals surface area contributed by atoms with E-state index >= 15 is 0 Å². The van der Waals surface area contributed by atoms with Crippen LogP contribution >= 0.6 is 11.6 Å². The van der Waals surface area contributed by atoms with Gasteiger partial charge in [0.15, 0.2) is 5.78 Å². The van der Waals surface area contributed by atoms with Gasteiger partial charge < -0.3 is 5.32 Å². The molecule has 1 atom stereocenters. The maximum Gasteiger partial charge on any atom is 0.232 e. The third-order valence-electron chi connectivity index (χ3n) is 4.26. The second-order valence-electron chi connectivity index (χ2n) is 6.26. The lowest BCUT2D eigenvalue weighted by Gasteiger charge is -2.17. The molecule has 2 aromatic carbocycles. The molecular weight excluding hydrogens is 360 g/mol. The molecule has 0 bridgehead atoms. The van der Waals surface area contributed by atoms with E-state index in [0.717, 1.165) is 11.3 Å². The van der Waals surface area contributed by atoms with Gasteiger partial charge in [-0.25, -0.2) is 0 Å². The quantitative estimate of drug-likeness (QED) is 0.620. The van der Waals surface area contributed by atoms with Gasteiger partial charge in [-0.2, -0.15) is 0 Å². The number of nitrogens with zero attached hydrogens (tertiary/aromatic N) is 1. The van der Waals surface area contributed by atoms with Gasteiger partial charge in [-0.15, -0.1) is 0 Å². The van der Waals surface area contributed by atoms with Crippen LogP contribution in [-0.2, 0) is 11.2 Å². The fourth-order valence-corrected chi connectivity index (χ4v) is 2.96. The van der Waals surface area contributed by atoms with Crippen molar-refractivity contribution in [3.8, 4) is 0 Å². The SMILES string of the molecule is CC(=O)c1cccc(NC(=O)C(Cc2ccccn2)c2ccc(Cl)cc2)c1. The number of anilines is 1. The minimum Gasteiger partial charge on any atom is -0.326 e. The summed E-state index contributed by atoms with van der Waals surface area (Å²) in [7, 11) is 0. The van der Waals surface area contributed by atoms with Crippen LogP contribution in [0.1, 0.15) is 34.5 Å². The molecule has 0 fully saturated rings. The molecule has 0 radical (unpaired) electrons. The highest BCUT2D eigenvalue weighted by atomic mass is 35.5. The Balaban J connectivity index is 1.87. The van der Waals surface area contributed by atoms with Crippen LogP contribution in [0.15, 0.2) is 72.9 Å². The lowest BCUT2D eigenvalue weighted by molar-refractivity contribution is -0.117. The van der Waals surface area contributed by atoms with Crippen molar-refractivity contribution in [1.29, 1.82) is 0 Å². The zero-order chi connectivity index (χ0) is 19.2. The van der Waals surface area contributed by atoms with Crippen molar-refractivity contribution in [2.24, 2.45) is 0 Å². The van der Waals surface area contributed by atoms with Gasteiger partial charge in [0.1, 0.15) is 0 Å². The molecule has 136 valence electrons. The Labute approximate surface area is 163 Å². The first-order chi connectivity index (χ1) is 13.0. The van der Waals surface area contributed by atoms with E-state index in [9.17, 15) is 9.59 Å². The number of carbonyl (C=O) groups is 2. The smallest absolute Gasteiger partial charge is 0.232 e. The molecule has 1 N–H and O–H groups in total. The summed E-state index contributed by atoms with van der Waals surface area (Å²) < 4.78 is 0. The summed E-state index contributed by atoms with van der Waals surface area (Å²) in [5, 5.41) is 3.53. The molecular formula is C22H19ClN2O2. The summed E-state index contributed by atoms with van der Waals surface area (Å²) in [5.74, 6) is -0.643. The van der Waals surface area contributed by atoms with Crippen LogP contribution in [0.25, 0.3) is 0 Å². The minimum atomic E-state index is -0.432. The molecule has 1 heterocycles. The first-order valence-electron chi connectivity index (χ1n) is 8.60. The molecule has 0 spiro atoms. The lowest BCUT2D eigenvalue weighted by Crippen LogP contribution is -2.23. The van der Waals surface area contributed by atoms with Crippen LogP contribution in [-0.4, -0.2) is 16.7 Å². The van der Waals surface area contributed by atoms with E-state index < -0.39 is 5.92 Å². The maximum absolute atomic E-state index is 13.0. The Morgan fingerprint density at radius 3 is 2.48 bits per heavy atom. The van der Waals surface area contributed by atoms with E-state index in [2.05, 4.69) is 10.3 Å². The number of ketones is 1. The number of pyridine rings is 1. The number of nitrogens with one attached hydrogen (secondary N) is 1. The van der Waals surface area contributed by atoms with Crippen molar-refractivity contribution in [2.75, 3.05) is 5.32 Å². The van der Waals surface area contributed by atoms with Gasteiger partial charge in [-0.1, -0.05) is 41.9 Å². The van der Waals surface area contributed by atoms with Gasteiger partial charge in [0.25, 0.3) is 0 Å². The summed E-state index contributed by atoms with van der Waals surface area (Å²) >= 11 is 5.99. The fraction of sp³-hybridized carbons (Fsp3) is 0.136. The standard InChI is InChI=1S/C22H19ClN2O2/c1-15(26)17-5-4-7-20(13-17)25-22(27)21(14-19-6-2-3-12-24-19)16-8-10-18(23)11-9-16/h2-13,21H,14H2,1H3,(H,25,27). The zero-order valence-electron chi connectivity index (χ0n) is 14.9. The number of hydrogen-bond acceptors (Lipinski definition) is 3. The van der Waals surface area contributed by atoms with Crippen molar-refractivity contribution in [1.82, 2.24) is 4.98 Å². The van der Waals surface area contributed by atoms with Crippen molar-refractivity contribution < 1.29 is 9.59 Å². The van der Waals surface area contributed by atoms with E-state index in [1.165, 1.54) is 6.92 Å². The number of Topliss-reactive ketones (excluding diaryl/α,β-unsaturated/α-hetero) is 1. The van der Waals surface area contributed by atoms with E-state index in [-0.39, 0.29) is 11.7 Å². The second-order valence-corrected chi connectivity index (χ2v) is 6.69. The van der Waals surface area contributed by atoms with Crippen LogP contribution in [0.3, 0.4) is 0 Å². The number of halogens is 1. The summed E-state index contributed by atoms with van der Waals surface area (Å²) in [6, 6.07) is 19.8. The second kappa shape index (κ2) is 8.60. The molecule has 5 heteroatoms. The summed E-state index contributed by atoms with van der Waals surface area (Å²) in [6.45, 7) is 1.50. The van der Waals surface area contributed by atoms with Crippen LogP contribution in [0.2, 0.25) is 5.02 Å². The normalized spacial score (nSPS) is 11.6. The van der Waals surface area contributed by atoms with Gasteiger partial charge in [-0.05, 0) is 48.9 Å². The predicted molar refractivity (Wildman–Crippen MR) is 107 cm³/mol. The molecule has 1 aromatic heterocycles. The predicted octanol–water partition coefficient (Wildman–Crippen LogP) is 4.90. The third-order valence-corrected chi connectivity index (χ3v) is 4.52. The molecule has 0 saturated heterocycles. The number of carbonyl (C=O) groups excluding carboxylic acids is 2. The van der Waals surface area contributed by atoms with Gasteiger partial charge in [0, 0.05) is 34.6 Å². The average Bonchev–Trinajstić information content (AvgIpc) is 2.68. The number of hydrogen-bond donors (Lipinski definition) is 1. The van der Waals surface area contributed by atoms with Gasteiger partial charge >= 0.3 is 0 Å². The molecule has 3 aromatic rings. The Kier molecular flexibility index (Phi) is 5.99. The van der Waals surface area contributed by atoms with E-state index in [1.807, 2.05) is 30.3 Å². The molecule has 0 aliphatic heterocycles. The van der Waals surface area contributed by atoms with Crippen molar-refractivity contribution in [3.05, 3.63) is 94.8 Å². The molecule has 27 heavy (non-hydrogen) atoms. The third kappa shape index (κ3) is 5.02. The Bertz CT molecular complexity index is 940. The van der Waals surface area contributed by atoms with Gasteiger partial charge in [-0.3, -0.25) is 14.6 Å². The average molecular weight is 379 g/mol. The Morgan fingerprint density at radius 1 is 1.04 bits per heavy atom. The van der Waals surface area contributed by atoms with Gasteiger partial charge in [0.2, 0.25) is 5.91 Å². The molecule has 1 amide bonds. The molecule has 0 saturated carbocycles. The highest BCUT2D eigenvalue weighted by molar-refractivity contribution is 6.30. The molecule has 0 aliphatic carbocycles. The van der Waals surface area contributed by atoms with Crippen LogP contribution in [0, 0.1) is 0 Å². The lowest BCUT2D eigenvalue weighted by atomic mass is 9.93. The molecule has 0 aliphatic rings. The highest BCUT2D eigenvalue weighted by Crippen LogP contribution is 2.24. The van der Waals surface area contributed by atoms with Gasteiger partial charge in [0.05, 0.1) is 5.92 Å². The van der Waals surface area contributed by atoms with Crippen LogP contribution < -0.4 is 5.32 Å². The van der Waals surface area contributed by atoms with Crippen molar-refractivity contribution in [3.63, 3.8) is 0 Å². The topological polar surface area (TPSA) is 59.1 Å². The molecule has 3 rings (SSSR count). The highest BCUT2D eigenvalue weighted by Gasteiger charge is 2.22. The number of aromatic nitrogens is 1. The van der Waals surface area contributed by atoms with Crippen LogP contribution in [0.5, 0.6) is 0 Å². The van der Waals surface area contributed by atoms with Crippen LogP contribution in [0.4, 0.5) is 5.69 Å². The number of rotatable bonds is 6. The van der Waals surface area contributed by atoms with E-state index in [4.69, 9.17) is 11.6 Å². The summed E-state index contributed by atoms with van der Waals surface area (Å²) in [4.78, 5) is 28.9. The zero-order valence-corrected chi connectivity index (χ0v) is 15.6. The Hall–Kier alpha value is -2.98. The maximum atomic E-state index is 13.0. The first-order valence-corrected chi connectivity index (χ1v) is 8.98. The minimum absolute atomic E-state index is 0.0474. The Morgan fingerprint density at radius 2 is 1.81 bits per heavy atom. The monoisotopic (exact) mass is 378 g/mol. The summed E-state index contributed by atoms with van der Waals surface area (Å²) in [6.07, 6.45) is 2.17. The van der Waals surface area contributed by atoms with E-state index in [0.29, 0.717) is 22.7 Å². The van der Waals surface area contributed by atoms with E-state index in [1.54, 1.807) is 42.6 Å². The fourth-order valence-electron chi connectivity index (χ4n) is 2.83. The summed E-state index contributed by atoms with van der Waals surface area (Å²) in [5.41, 5.74) is 2.82. The number of benzene rings is 2. The molecule has 4 nitrogen and oxygen atoms in total.